The van der Waals surface area contributed by atoms with Crippen LogP contribution in [0.1, 0.15) is 41.5 Å². The Hall–Kier alpha value is -3.19. The number of aromatic nitrogens is 3. The molecule has 1 heterocycles. The van der Waals surface area contributed by atoms with Crippen molar-refractivity contribution < 1.29 is 9.59 Å². The first kappa shape index (κ1) is 20.5. The van der Waals surface area contributed by atoms with Crippen molar-refractivity contribution in [2.45, 2.75) is 33.2 Å². The summed E-state index contributed by atoms with van der Waals surface area (Å²) in [5.41, 5.74) is 3.02. The van der Waals surface area contributed by atoms with Gasteiger partial charge in [-0.05, 0) is 49.2 Å². The van der Waals surface area contributed by atoms with Crippen LogP contribution in [-0.4, -0.2) is 26.8 Å². The number of nitrogens with zero attached hydrogens (tertiary/aromatic N) is 3. The van der Waals surface area contributed by atoms with E-state index in [1.54, 1.807) is 25.1 Å². The Labute approximate surface area is 174 Å². The molecule has 0 fully saturated rings. The number of hydrogen-bond donors (Lipinski definition) is 2. The number of halogens is 1. The van der Waals surface area contributed by atoms with Gasteiger partial charge in [-0.15, -0.1) is 5.10 Å². The monoisotopic (exact) mass is 411 g/mol. The van der Waals surface area contributed by atoms with E-state index in [-0.39, 0.29) is 17.5 Å². The fraction of sp³-hybridized carbons (Fsp3) is 0.238. The van der Waals surface area contributed by atoms with Crippen molar-refractivity contribution in [3.05, 3.63) is 70.5 Å². The van der Waals surface area contributed by atoms with Crippen LogP contribution in [0.2, 0.25) is 5.02 Å². The minimum Gasteiger partial charge on any atom is -0.347 e. The highest BCUT2D eigenvalue weighted by atomic mass is 35.5. The lowest BCUT2D eigenvalue weighted by Gasteiger charge is -2.08. The molecule has 0 saturated carbocycles. The molecule has 150 valence electrons. The first-order valence-electron chi connectivity index (χ1n) is 9.33. The average molecular weight is 412 g/mol. The maximum Gasteiger partial charge on any atom is 0.274 e. The first-order valence-corrected chi connectivity index (χ1v) is 9.71. The van der Waals surface area contributed by atoms with Crippen LogP contribution in [0.15, 0.2) is 48.5 Å². The molecular weight excluding hydrogens is 390 g/mol. The van der Waals surface area contributed by atoms with Crippen molar-refractivity contribution in [2.24, 2.45) is 0 Å². The van der Waals surface area contributed by atoms with E-state index >= 15 is 0 Å². The molecule has 0 radical (unpaired) electrons. The van der Waals surface area contributed by atoms with Gasteiger partial charge in [-0.2, -0.15) is 9.90 Å². The second-order valence-electron chi connectivity index (χ2n) is 6.58. The maximum atomic E-state index is 12.6. The van der Waals surface area contributed by atoms with Crippen LogP contribution >= 0.6 is 11.6 Å². The van der Waals surface area contributed by atoms with E-state index in [1.165, 1.54) is 4.80 Å². The molecule has 2 amide bonds. The zero-order valence-corrected chi connectivity index (χ0v) is 17.0. The molecule has 1 aromatic heterocycles. The van der Waals surface area contributed by atoms with Gasteiger partial charge in [0.25, 0.3) is 5.91 Å². The van der Waals surface area contributed by atoms with Gasteiger partial charge in [0.15, 0.2) is 5.69 Å². The fourth-order valence-electron chi connectivity index (χ4n) is 2.78. The second-order valence-corrected chi connectivity index (χ2v) is 7.02. The molecule has 0 atom stereocenters. The first-order chi connectivity index (χ1) is 14.0. The van der Waals surface area contributed by atoms with Gasteiger partial charge in [-0.25, -0.2) is 0 Å². The minimum atomic E-state index is -0.323. The smallest absolute Gasteiger partial charge is 0.274 e. The van der Waals surface area contributed by atoms with Crippen molar-refractivity contribution in [3.8, 4) is 5.69 Å². The average Bonchev–Trinajstić information content (AvgIpc) is 3.08. The third-order valence-electron chi connectivity index (χ3n) is 4.18. The molecule has 3 rings (SSSR count). The number of anilines is 1. The van der Waals surface area contributed by atoms with E-state index in [4.69, 9.17) is 11.6 Å². The number of aryl methyl sites for hydroxylation is 1. The van der Waals surface area contributed by atoms with Crippen LogP contribution in [0.3, 0.4) is 0 Å². The van der Waals surface area contributed by atoms with Crippen LogP contribution in [0.4, 0.5) is 5.69 Å². The normalized spacial score (nSPS) is 10.6. The number of nitrogens with one attached hydrogen (secondary N) is 2. The van der Waals surface area contributed by atoms with E-state index < -0.39 is 0 Å². The molecule has 2 N–H and O–H groups in total. The van der Waals surface area contributed by atoms with Crippen LogP contribution in [0.25, 0.3) is 5.69 Å². The van der Waals surface area contributed by atoms with Gasteiger partial charge in [0.2, 0.25) is 5.91 Å². The largest absolute Gasteiger partial charge is 0.347 e. The molecule has 0 spiro atoms. The summed E-state index contributed by atoms with van der Waals surface area (Å²) < 4.78 is 0. The van der Waals surface area contributed by atoms with Gasteiger partial charge in [0, 0.05) is 23.7 Å². The van der Waals surface area contributed by atoms with Gasteiger partial charge in [0.1, 0.15) is 0 Å². The molecule has 7 nitrogen and oxygen atoms in total. The number of carbonyl (C=O) groups is 2. The topological polar surface area (TPSA) is 88.9 Å². The highest BCUT2D eigenvalue weighted by Crippen LogP contribution is 2.15. The molecule has 8 heteroatoms. The van der Waals surface area contributed by atoms with Crippen molar-refractivity contribution in [1.82, 2.24) is 20.3 Å². The SMILES string of the molecule is CCCC(=O)Nc1cccc(CNC(=O)c2nn(-c3cccc(Cl)c3)nc2C)c1. The van der Waals surface area contributed by atoms with Crippen molar-refractivity contribution in [3.63, 3.8) is 0 Å². The van der Waals surface area contributed by atoms with Gasteiger partial charge >= 0.3 is 0 Å². The standard InChI is InChI=1S/C21H22ClN5O2/c1-3-6-19(28)24-17-9-4-7-15(11-17)13-23-21(29)20-14(2)25-27(26-20)18-10-5-8-16(22)12-18/h4-5,7-12H,3,6,13H2,1-2H3,(H,23,29)(H,24,28). The lowest BCUT2D eigenvalue weighted by molar-refractivity contribution is -0.116. The zero-order chi connectivity index (χ0) is 20.8. The highest BCUT2D eigenvalue weighted by Gasteiger charge is 2.16. The summed E-state index contributed by atoms with van der Waals surface area (Å²) in [4.78, 5) is 25.7. The number of benzene rings is 2. The molecule has 0 aliphatic carbocycles. The summed E-state index contributed by atoms with van der Waals surface area (Å²) in [6.07, 6.45) is 1.26. The highest BCUT2D eigenvalue weighted by molar-refractivity contribution is 6.30. The third kappa shape index (κ3) is 5.42. The van der Waals surface area contributed by atoms with Gasteiger partial charge in [-0.1, -0.05) is 36.7 Å². The summed E-state index contributed by atoms with van der Waals surface area (Å²) in [6.45, 7) is 3.99. The van der Waals surface area contributed by atoms with E-state index in [1.807, 2.05) is 37.3 Å². The van der Waals surface area contributed by atoms with Gasteiger partial charge in [0.05, 0.1) is 11.4 Å². The number of amides is 2. The van der Waals surface area contributed by atoms with E-state index in [2.05, 4.69) is 20.8 Å². The molecule has 0 aliphatic rings. The van der Waals surface area contributed by atoms with E-state index in [0.29, 0.717) is 35.1 Å². The fourth-order valence-corrected chi connectivity index (χ4v) is 2.96. The Morgan fingerprint density at radius 2 is 1.90 bits per heavy atom. The Kier molecular flexibility index (Phi) is 6.61. The van der Waals surface area contributed by atoms with Crippen LogP contribution < -0.4 is 10.6 Å². The summed E-state index contributed by atoms with van der Waals surface area (Å²) in [7, 11) is 0. The van der Waals surface area contributed by atoms with Crippen LogP contribution in [-0.2, 0) is 11.3 Å². The van der Waals surface area contributed by atoms with Crippen LogP contribution in [0, 0.1) is 6.92 Å². The number of hydrogen-bond acceptors (Lipinski definition) is 4. The Morgan fingerprint density at radius 3 is 2.66 bits per heavy atom. The third-order valence-corrected chi connectivity index (χ3v) is 4.41. The van der Waals surface area contributed by atoms with Crippen molar-refractivity contribution >= 4 is 29.1 Å². The predicted octanol–water partition coefficient (Wildman–Crippen LogP) is 3.90. The molecule has 0 aliphatic heterocycles. The van der Waals surface area contributed by atoms with Gasteiger partial charge < -0.3 is 10.6 Å². The zero-order valence-electron chi connectivity index (χ0n) is 16.3. The minimum absolute atomic E-state index is 0.0260. The summed E-state index contributed by atoms with van der Waals surface area (Å²) >= 11 is 6.01. The lowest BCUT2D eigenvalue weighted by atomic mass is 10.2. The van der Waals surface area contributed by atoms with Crippen molar-refractivity contribution in [2.75, 3.05) is 5.32 Å². The lowest BCUT2D eigenvalue weighted by Crippen LogP contribution is -2.24. The van der Waals surface area contributed by atoms with Crippen molar-refractivity contribution in [1.29, 1.82) is 0 Å². The Balaban J connectivity index is 1.66. The molecule has 3 aromatic rings. The van der Waals surface area contributed by atoms with Crippen LogP contribution in [0.5, 0.6) is 0 Å². The number of rotatable bonds is 7. The summed E-state index contributed by atoms with van der Waals surface area (Å²) in [6, 6.07) is 14.5. The molecule has 0 bridgehead atoms. The maximum absolute atomic E-state index is 12.6. The Bertz CT molecular complexity index is 1030. The molecule has 29 heavy (non-hydrogen) atoms. The van der Waals surface area contributed by atoms with E-state index in [9.17, 15) is 9.59 Å². The quantitative estimate of drug-likeness (QED) is 0.617. The number of carbonyl (C=O) groups excluding carboxylic acids is 2. The molecule has 2 aromatic carbocycles. The summed E-state index contributed by atoms with van der Waals surface area (Å²) in [5.74, 6) is -0.349. The van der Waals surface area contributed by atoms with E-state index in [0.717, 1.165) is 12.0 Å². The second kappa shape index (κ2) is 9.34. The molecular formula is C21H22ClN5O2. The summed E-state index contributed by atoms with van der Waals surface area (Å²) in [5, 5.41) is 14.8. The molecule has 0 saturated heterocycles. The predicted molar refractivity (Wildman–Crippen MR) is 112 cm³/mol. The Morgan fingerprint density at radius 1 is 1.10 bits per heavy atom. The molecule has 0 unspecified atom stereocenters. The van der Waals surface area contributed by atoms with Gasteiger partial charge in [-0.3, -0.25) is 9.59 Å².